The van der Waals surface area contributed by atoms with E-state index in [0.717, 1.165) is 30.7 Å². The highest BCUT2D eigenvalue weighted by Gasteiger charge is 2.39. The summed E-state index contributed by atoms with van der Waals surface area (Å²) < 4.78 is 0. The van der Waals surface area contributed by atoms with Gasteiger partial charge in [-0.25, -0.2) is 0 Å². The van der Waals surface area contributed by atoms with Crippen molar-refractivity contribution in [2.75, 3.05) is 0 Å². The van der Waals surface area contributed by atoms with Crippen LogP contribution in [-0.4, -0.2) is 22.8 Å². The van der Waals surface area contributed by atoms with Crippen LogP contribution in [-0.2, 0) is 0 Å². The van der Waals surface area contributed by atoms with Gasteiger partial charge in [0, 0.05) is 12.1 Å². The van der Waals surface area contributed by atoms with Crippen molar-refractivity contribution in [3.8, 4) is 0 Å². The average Bonchev–Trinajstić information content (AvgIpc) is 2.76. The molecule has 0 unspecified atom stereocenters. The van der Waals surface area contributed by atoms with E-state index in [0.29, 0.717) is 6.04 Å². The summed E-state index contributed by atoms with van der Waals surface area (Å²) in [7, 11) is 0. The topological polar surface area (TPSA) is 32.3 Å². The standard InChI is InChI=1S/C15H29NO/c1-11(5-4-8-15(2,3)17)16-14-10-12-6-7-13(14)9-12/h11-14,16-17H,4-10H2,1-3H3/t11-,12+,13+,14+/m1/s1. The predicted molar refractivity (Wildman–Crippen MR) is 72.0 cm³/mol. The molecule has 0 heterocycles. The zero-order valence-corrected chi connectivity index (χ0v) is 11.7. The molecule has 17 heavy (non-hydrogen) atoms. The zero-order chi connectivity index (χ0) is 12.5. The van der Waals surface area contributed by atoms with Crippen LogP contribution in [0.3, 0.4) is 0 Å². The van der Waals surface area contributed by atoms with Gasteiger partial charge in [-0.2, -0.15) is 0 Å². The van der Waals surface area contributed by atoms with Crippen LogP contribution in [0, 0.1) is 11.8 Å². The van der Waals surface area contributed by atoms with Gasteiger partial charge < -0.3 is 10.4 Å². The van der Waals surface area contributed by atoms with E-state index >= 15 is 0 Å². The lowest BCUT2D eigenvalue weighted by Gasteiger charge is -2.27. The Bertz CT molecular complexity index is 246. The Labute approximate surface area is 106 Å². The molecule has 2 aliphatic rings. The molecular formula is C15H29NO. The second-order valence-electron chi connectivity index (χ2n) is 7.05. The number of aliphatic hydroxyl groups is 1. The van der Waals surface area contributed by atoms with Crippen molar-refractivity contribution >= 4 is 0 Å². The van der Waals surface area contributed by atoms with Crippen LogP contribution in [0.5, 0.6) is 0 Å². The molecule has 0 radical (unpaired) electrons. The lowest BCUT2D eigenvalue weighted by Crippen LogP contribution is -2.40. The van der Waals surface area contributed by atoms with Crippen molar-refractivity contribution in [1.29, 1.82) is 0 Å². The minimum absolute atomic E-state index is 0.494. The Balaban J connectivity index is 1.63. The van der Waals surface area contributed by atoms with Gasteiger partial charge in [0.15, 0.2) is 0 Å². The average molecular weight is 239 g/mol. The lowest BCUT2D eigenvalue weighted by molar-refractivity contribution is 0.0673. The van der Waals surface area contributed by atoms with Crippen molar-refractivity contribution in [3.05, 3.63) is 0 Å². The maximum Gasteiger partial charge on any atom is 0.0591 e. The van der Waals surface area contributed by atoms with Crippen LogP contribution >= 0.6 is 0 Å². The molecule has 2 N–H and O–H groups in total. The molecule has 0 spiro atoms. The molecule has 0 aromatic carbocycles. The third-order valence-electron chi connectivity index (χ3n) is 4.66. The first-order valence-corrected chi connectivity index (χ1v) is 7.42. The Hall–Kier alpha value is -0.0800. The smallest absolute Gasteiger partial charge is 0.0591 e. The van der Waals surface area contributed by atoms with Crippen molar-refractivity contribution in [3.63, 3.8) is 0 Å². The van der Waals surface area contributed by atoms with Gasteiger partial charge in [-0.15, -0.1) is 0 Å². The fraction of sp³-hybridized carbons (Fsp3) is 1.00. The summed E-state index contributed by atoms with van der Waals surface area (Å²) in [5.74, 6) is 2.00. The Morgan fingerprint density at radius 3 is 2.59 bits per heavy atom. The van der Waals surface area contributed by atoms with E-state index in [1.807, 2.05) is 13.8 Å². The summed E-state index contributed by atoms with van der Waals surface area (Å²) in [5.41, 5.74) is -0.494. The monoisotopic (exact) mass is 239 g/mol. The molecule has 2 heteroatoms. The summed E-state index contributed by atoms with van der Waals surface area (Å²) in [6.45, 7) is 6.11. The lowest BCUT2D eigenvalue weighted by atomic mass is 9.94. The highest BCUT2D eigenvalue weighted by molar-refractivity contribution is 4.94. The molecule has 2 rings (SSSR count). The minimum atomic E-state index is -0.494. The third kappa shape index (κ3) is 3.96. The maximum atomic E-state index is 9.68. The van der Waals surface area contributed by atoms with E-state index in [2.05, 4.69) is 12.2 Å². The van der Waals surface area contributed by atoms with Gasteiger partial charge in [0.05, 0.1) is 5.60 Å². The molecule has 0 aromatic rings. The van der Waals surface area contributed by atoms with Crippen LogP contribution in [0.2, 0.25) is 0 Å². The largest absolute Gasteiger partial charge is 0.390 e. The van der Waals surface area contributed by atoms with E-state index in [1.165, 1.54) is 32.1 Å². The number of fused-ring (bicyclic) bond motifs is 2. The summed E-state index contributed by atoms with van der Waals surface area (Å²) in [6.07, 6.45) is 9.06. The van der Waals surface area contributed by atoms with Gasteiger partial charge in [-0.05, 0) is 71.1 Å². The van der Waals surface area contributed by atoms with Gasteiger partial charge in [0.1, 0.15) is 0 Å². The van der Waals surface area contributed by atoms with Gasteiger partial charge >= 0.3 is 0 Å². The molecule has 2 aliphatic carbocycles. The Morgan fingerprint density at radius 2 is 2.06 bits per heavy atom. The molecule has 2 fully saturated rings. The quantitative estimate of drug-likeness (QED) is 0.746. The highest BCUT2D eigenvalue weighted by atomic mass is 16.3. The second kappa shape index (κ2) is 5.27. The van der Waals surface area contributed by atoms with Crippen molar-refractivity contribution < 1.29 is 5.11 Å². The van der Waals surface area contributed by atoms with E-state index < -0.39 is 5.60 Å². The van der Waals surface area contributed by atoms with Crippen LogP contribution < -0.4 is 5.32 Å². The maximum absolute atomic E-state index is 9.68. The molecule has 2 saturated carbocycles. The molecule has 2 bridgehead atoms. The first-order valence-electron chi connectivity index (χ1n) is 7.42. The van der Waals surface area contributed by atoms with Crippen molar-refractivity contribution in [2.45, 2.75) is 83.4 Å². The molecule has 4 atom stereocenters. The third-order valence-corrected chi connectivity index (χ3v) is 4.66. The predicted octanol–water partition coefficient (Wildman–Crippen LogP) is 3.09. The van der Waals surface area contributed by atoms with Crippen molar-refractivity contribution in [2.24, 2.45) is 11.8 Å². The summed E-state index contributed by atoms with van der Waals surface area (Å²) >= 11 is 0. The van der Waals surface area contributed by atoms with Crippen LogP contribution in [0.4, 0.5) is 0 Å². The fourth-order valence-corrected chi connectivity index (χ4v) is 3.74. The van der Waals surface area contributed by atoms with E-state index in [1.54, 1.807) is 0 Å². The van der Waals surface area contributed by atoms with Crippen LogP contribution in [0.15, 0.2) is 0 Å². The molecular weight excluding hydrogens is 210 g/mol. The van der Waals surface area contributed by atoms with Crippen LogP contribution in [0.25, 0.3) is 0 Å². The van der Waals surface area contributed by atoms with E-state index in [4.69, 9.17) is 0 Å². The number of hydrogen-bond acceptors (Lipinski definition) is 2. The first kappa shape index (κ1) is 13.4. The second-order valence-corrected chi connectivity index (χ2v) is 7.05. The molecule has 2 nitrogen and oxygen atoms in total. The highest BCUT2D eigenvalue weighted by Crippen LogP contribution is 2.44. The number of rotatable bonds is 6. The SMILES string of the molecule is C[C@H](CCCC(C)(C)O)N[C@H]1C[C@H]2CC[C@H]1C2. The molecule has 0 aromatic heterocycles. The van der Waals surface area contributed by atoms with E-state index in [-0.39, 0.29) is 0 Å². The van der Waals surface area contributed by atoms with Gasteiger partial charge in [0.2, 0.25) is 0 Å². The molecule has 0 amide bonds. The molecule has 100 valence electrons. The normalized spacial score (nSPS) is 34.2. The summed E-state index contributed by atoms with van der Waals surface area (Å²) in [4.78, 5) is 0. The van der Waals surface area contributed by atoms with E-state index in [9.17, 15) is 5.11 Å². The van der Waals surface area contributed by atoms with Crippen molar-refractivity contribution in [1.82, 2.24) is 5.32 Å². The molecule has 0 aliphatic heterocycles. The summed E-state index contributed by atoms with van der Waals surface area (Å²) in [6, 6.07) is 1.41. The van der Waals surface area contributed by atoms with Gasteiger partial charge in [-0.1, -0.05) is 6.42 Å². The van der Waals surface area contributed by atoms with Gasteiger partial charge in [0.25, 0.3) is 0 Å². The molecule has 0 saturated heterocycles. The zero-order valence-electron chi connectivity index (χ0n) is 11.7. The summed E-state index contributed by atoms with van der Waals surface area (Å²) in [5, 5.41) is 13.5. The fourth-order valence-electron chi connectivity index (χ4n) is 3.74. The Kier molecular flexibility index (Phi) is 4.14. The van der Waals surface area contributed by atoms with Crippen LogP contribution in [0.1, 0.15) is 65.7 Å². The van der Waals surface area contributed by atoms with Gasteiger partial charge in [-0.3, -0.25) is 0 Å². The Morgan fingerprint density at radius 1 is 1.29 bits per heavy atom. The minimum Gasteiger partial charge on any atom is -0.390 e. The number of hydrogen-bond donors (Lipinski definition) is 2. The number of nitrogens with one attached hydrogen (secondary N) is 1. The first-order chi connectivity index (χ1) is 7.94.